The summed E-state index contributed by atoms with van der Waals surface area (Å²) in [6.45, 7) is 6.29. The lowest BCUT2D eigenvalue weighted by atomic mass is 10.0. The Balaban J connectivity index is 1.85. The lowest BCUT2D eigenvalue weighted by Gasteiger charge is -2.32. The number of nitrogens with zero attached hydrogens (tertiary/aromatic N) is 1. The lowest BCUT2D eigenvalue weighted by Crippen LogP contribution is -2.52. The van der Waals surface area contributed by atoms with E-state index in [4.69, 9.17) is 11.6 Å². The number of carbonyl (C=O) groups excluding carboxylic acids is 2. The molecule has 0 spiro atoms. The Bertz CT molecular complexity index is 1120. The molecule has 0 saturated carbocycles. The fraction of sp³-hybridized carbons (Fsp3) is 0.310. The van der Waals surface area contributed by atoms with Gasteiger partial charge < -0.3 is 10.2 Å². The number of aryl methyl sites for hydroxylation is 1. The van der Waals surface area contributed by atoms with Crippen molar-refractivity contribution in [3.63, 3.8) is 0 Å². The van der Waals surface area contributed by atoms with Crippen LogP contribution in [0.5, 0.6) is 0 Å². The monoisotopic (exact) mass is 508 g/mol. The molecule has 3 aromatic carbocycles. The smallest absolute Gasteiger partial charge is 0.243 e. The number of hydrogen-bond donors (Lipinski definition) is 1. The van der Waals surface area contributed by atoms with E-state index in [2.05, 4.69) is 5.32 Å². The molecule has 184 valence electrons. The fourth-order valence-electron chi connectivity index (χ4n) is 3.87. The van der Waals surface area contributed by atoms with E-state index in [1.54, 1.807) is 4.90 Å². The molecule has 0 unspecified atom stereocenters. The van der Waals surface area contributed by atoms with E-state index >= 15 is 0 Å². The van der Waals surface area contributed by atoms with E-state index in [1.807, 2.05) is 99.6 Å². The molecule has 1 N–H and O–H groups in total. The van der Waals surface area contributed by atoms with Crippen molar-refractivity contribution < 1.29 is 9.59 Å². The van der Waals surface area contributed by atoms with Gasteiger partial charge in [-0.3, -0.25) is 9.59 Å². The van der Waals surface area contributed by atoms with Crippen LogP contribution in [-0.2, 0) is 28.3 Å². The van der Waals surface area contributed by atoms with Gasteiger partial charge in [-0.2, -0.15) is 0 Å². The van der Waals surface area contributed by atoms with Gasteiger partial charge in [0.2, 0.25) is 11.8 Å². The fourth-order valence-corrected chi connectivity index (χ4v) is 4.94. The molecule has 3 aromatic rings. The van der Waals surface area contributed by atoms with Gasteiger partial charge in [0.05, 0.1) is 5.75 Å². The van der Waals surface area contributed by atoms with E-state index in [-0.39, 0.29) is 23.6 Å². The first-order chi connectivity index (χ1) is 16.8. The Kier molecular flexibility index (Phi) is 10.2. The summed E-state index contributed by atoms with van der Waals surface area (Å²) in [7, 11) is 0. The molecule has 0 aliphatic heterocycles. The second-order valence-electron chi connectivity index (χ2n) is 8.94. The van der Waals surface area contributed by atoms with Gasteiger partial charge in [-0.1, -0.05) is 78.3 Å². The molecule has 0 aromatic heterocycles. The van der Waals surface area contributed by atoms with Gasteiger partial charge >= 0.3 is 0 Å². The molecule has 0 saturated heterocycles. The normalized spacial score (nSPS) is 11.8. The van der Waals surface area contributed by atoms with Gasteiger partial charge in [-0.25, -0.2) is 0 Å². The highest BCUT2D eigenvalue weighted by atomic mass is 35.5. The summed E-state index contributed by atoms with van der Waals surface area (Å²) in [4.78, 5) is 28.8. The van der Waals surface area contributed by atoms with Crippen LogP contribution >= 0.6 is 23.4 Å². The second-order valence-corrected chi connectivity index (χ2v) is 10.4. The minimum absolute atomic E-state index is 0.0200. The second kappa shape index (κ2) is 13.4. The van der Waals surface area contributed by atoms with E-state index in [1.165, 1.54) is 11.8 Å². The number of thioether (sulfide) groups is 1. The van der Waals surface area contributed by atoms with Gasteiger partial charge in [-0.15, -0.1) is 11.8 Å². The number of rotatable bonds is 11. The molecule has 6 heteroatoms. The summed E-state index contributed by atoms with van der Waals surface area (Å²) < 4.78 is 0. The molecule has 2 amide bonds. The van der Waals surface area contributed by atoms with Crippen molar-refractivity contribution >= 4 is 35.2 Å². The van der Waals surface area contributed by atoms with Crippen molar-refractivity contribution in [2.75, 3.05) is 5.75 Å². The van der Waals surface area contributed by atoms with Crippen LogP contribution in [0.15, 0.2) is 78.9 Å². The van der Waals surface area contributed by atoms with E-state index in [0.717, 1.165) is 22.3 Å². The third kappa shape index (κ3) is 8.44. The highest BCUT2D eigenvalue weighted by Gasteiger charge is 2.30. The summed E-state index contributed by atoms with van der Waals surface area (Å²) in [6.07, 6.45) is 0.454. The van der Waals surface area contributed by atoms with Crippen molar-refractivity contribution in [1.82, 2.24) is 10.2 Å². The first-order valence-electron chi connectivity index (χ1n) is 11.8. The zero-order chi connectivity index (χ0) is 25.2. The maximum atomic E-state index is 13.6. The number of hydrogen-bond acceptors (Lipinski definition) is 3. The van der Waals surface area contributed by atoms with Gasteiger partial charge in [-0.05, 0) is 55.2 Å². The Labute approximate surface area is 218 Å². The molecule has 0 radical (unpaired) electrons. The van der Waals surface area contributed by atoms with Crippen LogP contribution in [0.4, 0.5) is 0 Å². The average molecular weight is 509 g/mol. The minimum atomic E-state index is -0.612. The first-order valence-corrected chi connectivity index (χ1v) is 13.4. The largest absolute Gasteiger partial charge is 0.352 e. The van der Waals surface area contributed by atoms with E-state index < -0.39 is 6.04 Å². The Morgan fingerprint density at radius 1 is 0.943 bits per heavy atom. The zero-order valence-corrected chi connectivity index (χ0v) is 22.1. The van der Waals surface area contributed by atoms with Crippen LogP contribution in [0.1, 0.15) is 36.1 Å². The third-order valence-corrected chi connectivity index (χ3v) is 6.91. The molecule has 4 nitrogen and oxygen atoms in total. The highest BCUT2D eigenvalue weighted by Crippen LogP contribution is 2.21. The predicted molar refractivity (Wildman–Crippen MR) is 147 cm³/mol. The summed E-state index contributed by atoms with van der Waals surface area (Å²) in [5.41, 5.74) is 4.22. The number of amides is 2. The van der Waals surface area contributed by atoms with Crippen LogP contribution in [0.25, 0.3) is 0 Å². The molecular formula is C29H33ClN2O2S. The van der Waals surface area contributed by atoms with Gasteiger partial charge in [0.15, 0.2) is 0 Å². The standard InChI is InChI=1S/C29H33ClN2O2S/c1-21(2)31-29(34)27(17-23-11-5-4-6-12-23)32(18-25-14-8-7-10-22(25)3)28(33)20-35-19-24-13-9-15-26(30)16-24/h4-16,21,27H,17-20H2,1-3H3,(H,31,34)/t27-/m1/s1. The van der Waals surface area contributed by atoms with Crippen LogP contribution < -0.4 is 5.32 Å². The van der Waals surface area contributed by atoms with E-state index in [9.17, 15) is 9.59 Å². The van der Waals surface area contributed by atoms with Crippen LogP contribution in [0.3, 0.4) is 0 Å². The minimum Gasteiger partial charge on any atom is -0.352 e. The Morgan fingerprint density at radius 2 is 1.63 bits per heavy atom. The summed E-state index contributed by atoms with van der Waals surface area (Å²) in [5, 5.41) is 3.72. The van der Waals surface area contributed by atoms with Crippen LogP contribution in [0, 0.1) is 6.92 Å². The van der Waals surface area contributed by atoms with Crippen molar-refractivity contribution in [1.29, 1.82) is 0 Å². The third-order valence-electron chi connectivity index (χ3n) is 5.69. The molecule has 0 aliphatic carbocycles. The quantitative estimate of drug-likeness (QED) is 0.343. The maximum absolute atomic E-state index is 13.6. The molecule has 0 aliphatic rings. The summed E-state index contributed by atoms with van der Waals surface area (Å²) in [6, 6.07) is 24.9. The lowest BCUT2D eigenvalue weighted by molar-refractivity contribution is -0.139. The molecule has 35 heavy (non-hydrogen) atoms. The number of carbonyl (C=O) groups is 2. The number of halogens is 1. The van der Waals surface area contributed by atoms with Gasteiger partial charge in [0, 0.05) is 29.8 Å². The number of benzene rings is 3. The van der Waals surface area contributed by atoms with Crippen molar-refractivity contribution in [2.24, 2.45) is 0 Å². The summed E-state index contributed by atoms with van der Waals surface area (Å²) >= 11 is 7.64. The predicted octanol–water partition coefficient (Wildman–Crippen LogP) is 6.05. The highest BCUT2D eigenvalue weighted by molar-refractivity contribution is 7.99. The average Bonchev–Trinajstić information content (AvgIpc) is 2.82. The molecule has 3 rings (SSSR count). The Hall–Kier alpha value is -2.76. The van der Waals surface area contributed by atoms with Gasteiger partial charge in [0.25, 0.3) is 0 Å². The number of nitrogens with one attached hydrogen (secondary N) is 1. The molecular weight excluding hydrogens is 476 g/mol. The van der Waals surface area contributed by atoms with Crippen LogP contribution in [0.2, 0.25) is 5.02 Å². The topological polar surface area (TPSA) is 49.4 Å². The SMILES string of the molecule is Cc1ccccc1CN(C(=O)CSCc1cccc(Cl)c1)[C@H](Cc1ccccc1)C(=O)NC(C)C. The summed E-state index contributed by atoms with van der Waals surface area (Å²) in [5.74, 6) is 0.760. The molecule has 1 atom stereocenters. The van der Waals surface area contributed by atoms with Crippen molar-refractivity contribution in [3.05, 3.63) is 106 Å². The van der Waals surface area contributed by atoms with Crippen molar-refractivity contribution in [3.8, 4) is 0 Å². The Morgan fingerprint density at radius 3 is 2.31 bits per heavy atom. The van der Waals surface area contributed by atoms with Gasteiger partial charge in [0.1, 0.15) is 6.04 Å². The zero-order valence-electron chi connectivity index (χ0n) is 20.5. The van der Waals surface area contributed by atoms with E-state index in [0.29, 0.717) is 23.7 Å². The molecule has 0 fully saturated rings. The van der Waals surface area contributed by atoms with Crippen LogP contribution in [-0.4, -0.2) is 34.6 Å². The molecule has 0 heterocycles. The molecule has 0 bridgehead atoms. The maximum Gasteiger partial charge on any atom is 0.243 e. The first kappa shape index (κ1) is 26.8. The van der Waals surface area contributed by atoms with Crippen molar-refractivity contribution in [2.45, 2.75) is 51.6 Å².